The summed E-state index contributed by atoms with van der Waals surface area (Å²) >= 11 is 0. The number of hydrogen-bond acceptors (Lipinski definition) is 7. The number of benzene rings is 1. The zero-order valence-electron chi connectivity index (χ0n) is 32.9. The average molecular weight is 716 g/mol. The lowest BCUT2D eigenvalue weighted by Crippen LogP contribution is -2.55. The minimum atomic E-state index is -1.13. The van der Waals surface area contributed by atoms with Gasteiger partial charge < -0.3 is 29.7 Å². The number of carboxylic acids is 1. The predicted octanol–water partition coefficient (Wildman–Crippen LogP) is 5.24. The van der Waals surface area contributed by atoms with Gasteiger partial charge >= 0.3 is 5.97 Å². The summed E-state index contributed by atoms with van der Waals surface area (Å²) in [6, 6.07) is 7.17. The molecule has 1 saturated heterocycles. The molecule has 0 aliphatic carbocycles. The highest BCUT2D eigenvalue weighted by Crippen LogP contribution is 2.31. The van der Waals surface area contributed by atoms with Crippen molar-refractivity contribution in [3.05, 3.63) is 35.9 Å². The number of nitrogens with one attached hydrogen (secondary N) is 1. The topological polar surface area (TPSA) is 143 Å². The molecule has 1 fully saturated rings. The summed E-state index contributed by atoms with van der Waals surface area (Å²) in [5.41, 5.74) is 0.790. The van der Waals surface area contributed by atoms with Gasteiger partial charge in [-0.1, -0.05) is 92.1 Å². The van der Waals surface area contributed by atoms with E-state index < -0.39 is 54.0 Å². The minimum absolute atomic E-state index is 0.00214. The van der Waals surface area contributed by atoms with Gasteiger partial charge in [0, 0.05) is 52.5 Å². The molecule has 1 aromatic rings. The number of likely N-dealkylation sites (tertiary alicyclic amines) is 1. The van der Waals surface area contributed by atoms with Crippen molar-refractivity contribution in [1.29, 1.82) is 0 Å². The molecule has 0 bridgehead atoms. The van der Waals surface area contributed by atoms with Crippen LogP contribution in [0.5, 0.6) is 0 Å². The first kappa shape index (κ1) is 43.9. The van der Waals surface area contributed by atoms with E-state index in [1.165, 1.54) is 7.11 Å². The van der Waals surface area contributed by atoms with Gasteiger partial charge in [-0.2, -0.15) is 0 Å². The molecule has 9 atom stereocenters. The summed E-state index contributed by atoms with van der Waals surface area (Å²) in [4.78, 5) is 70.3. The van der Waals surface area contributed by atoms with Crippen LogP contribution in [0.15, 0.2) is 30.3 Å². The Morgan fingerprint density at radius 1 is 0.922 bits per heavy atom. The molecule has 1 aliphatic rings. The molecule has 2 N–H and O–H groups in total. The smallest absolute Gasteiger partial charge is 0.326 e. The van der Waals surface area contributed by atoms with Crippen molar-refractivity contribution in [2.75, 3.05) is 27.8 Å². The zero-order valence-corrected chi connectivity index (χ0v) is 32.9. The van der Waals surface area contributed by atoms with Crippen molar-refractivity contribution in [2.45, 2.75) is 124 Å². The van der Waals surface area contributed by atoms with Crippen LogP contribution in [0.25, 0.3) is 0 Å². The van der Waals surface area contributed by atoms with E-state index in [2.05, 4.69) is 5.32 Å². The number of aliphatic carboxylic acids is 1. The van der Waals surface area contributed by atoms with Crippen molar-refractivity contribution in [3.8, 4) is 0 Å². The second kappa shape index (κ2) is 20.7. The monoisotopic (exact) mass is 715 g/mol. The first-order chi connectivity index (χ1) is 24.0. The Morgan fingerprint density at radius 3 is 2.06 bits per heavy atom. The van der Waals surface area contributed by atoms with Crippen molar-refractivity contribution in [2.24, 2.45) is 35.5 Å². The third-order valence-electron chi connectivity index (χ3n) is 11.2. The van der Waals surface area contributed by atoms with E-state index in [9.17, 15) is 29.1 Å². The van der Waals surface area contributed by atoms with Gasteiger partial charge in [-0.05, 0) is 36.2 Å². The number of ketones is 1. The van der Waals surface area contributed by atoms with E-state index in [1.54, 1.807) is 30.9 Å². The number of rotatable bonds is 21. The van der Waals surface area contributed by atoms with E-state index >= 15 is 0 Å². The third-order valence-corrected chi connectivity index (χ3v) is 11.2. The van der Waals surface area contributed by atoms with Gasteiger partial charge in [-0.3, -0.25) is 19.2 Å². The summed E-state index contributed by atoms with van der Waals surface area (Å²) in [6.07, 6.45) is 1.13. The molecule has 0 unspecified atom stereocenters. The second-order valence-electron chi connectivity index (χ2n) is 15.2. The lowest BCUT2D eigenvalue weighted by atomic mass is 9.82. The van der Waals surface area contributed by atoms with Crippen molar-refractivity contribution in [1.82, 2.24) is 15.1 Å². The molecular weight excluding hydrogens is 650 g/mol. The fourth-order valence-electron chi connectivity index (χ4n) is 7.30. The highest BCUT2D eigenvalue weighted by atomic mass is 16.5. The summed E-state index contributed by atoms with van der Waals surface area (Å²) in [5.74, 6) is -3.06. The molecular formula is C40H65N3O8. The lowest BCUT2D eigenvalue weighted by molar-refractivity contribution is -0.149. The predicted molar refractivity (Wildman–Crippen MR) is 198 cm³/mol. The van der Waals surface area contributed by atoms with Gasteiger partial charge in [-0.25, -0.2) is 4.79 Å². The number of hydrogen-bond donors (Lipinski definition) is 2. The van der Waals surface area contributed by atoms with Crippen LogP contribution in [-0.2, 0) is 39.9 Å². The Labute approximate surface area is 306 Å². The highest BCUT2D eigenvalue weighted by Gasteiger charge is 2.43. The number of amides is 3. The number of ether oxygens (including phenoxy) is 2. The Morgan fingerprint density at radius 2 is 1.55 bits per heavy atom. The van der Waals surface area contributed by atoms with Crippen LogP contribution >= 0.6 is 0 Å². The summed E-state index contributed by atoms with van der Waals surface area (Å²) < 4.78 is 11.9. The van der Waals surface area contributed by atoms with E-state index in [1.807, 2.05) is 78.8 Å². The standard InChI is InChI=1S/C40H65N3O8/c1-12-26(6)36(42(9)39(47)30(25(4)5)22-33(44)27(7)24(2)3)34(50-10)23-35(45)43-20-16-19-32(43)37(51-11)28(8)38(46)41-31(40(48)49)21-29-17-14-13-15-18-29/h13-15,17-18,24-28,30-32,34,36-37H,12,16,19-23H2,1-11H3,(H,41,46)(H,48,49)/t26-,27-,28+,30-,31-,32-,34+,36-,37+/m0/s1. The Bertz CT molecular complexity index is 1290. The van der Waals surface area contributed by atoms with Crippen LogP contribution in [0.4, 0.5) is 0 Å². The highest BCUT2D eigenvalue weighted by molar-refractivity contribution is 5.88. The Kier molecular flexibility index (Phi) is 17.8. The molecule has 11 heteroatoms. The number of Topliss-reactive ketones (excluding diaryl/α,β-unsaturated/α-hetero) is 1. The molecule has 1 aliphatic heterocycles. The maximum atomic E-state index is 14.1. The van der Waals surface area contributed by atoms with Crippen LogP contribution in [0.2, 0.25) is 0 Å². The van der Waals surface area contributed by atoms with Crippen LogP contribution in [0.1, 0.15) is 93.1 Å². The van der Waals surface area contributed by atoms with Crippen LogP contribution < -0.4 is 5.32 Å². The Balaban J connectivity index is 2.25. The van der Waals surface area contributed by atoms with Gasteiger partial charge in [0.05, 0.1) is 36.6 Å². The maximum absolute atomic E-state index is 14.1. The number of carbonyl (C=O) groups excluding carboxylic acids is 4. The minimum Gasteiger partial charge on any atom is -0.480 e. The number of carbonyl (C=O) groups is 5. The SMILES string of the molecule is CC[C@H](C)[C@@H]([C@@H](CC(=O)N1CCC[C@H]1[C@H](OC)[C@@H](C)C(=O)N[C@@H](Cc1ccccc1)C(=O)O)OC)N(C)C(=O)[C@@H](CC(=O)[C@@H](C)C(C)C)C(C)C. The number of likely N-dealkylation sites (N-methyl/N-ethyl adjacent to an activating group) is 1. The molecule has 0 aromatic heterocycles. The molecule has 2 rings (SSSR count). The van der Waals surface area contributed by atoms with E-state index in [0.717, 1.165) is 18.4 Å². The fraction of sp³-hybridized carbons (Fsp3) is 0.725. The molecule has 3 amide bonds. The summed E-state index contributed by atoms with van der Waals surface area (Å²) in [6.45, 7) is 16.1. The third kappa shape index (κ3) is 11.9. The maximum Gasteiger partial charge on any atom is 0.326 e. The second-order valence-corrected chi connectivity index (χ2v) is 15.2. The molecule has 1 heterocycles. The molecule has 288 valence electrons. The number of methoxy groups -OCH3 is 2. The summed E-state index contributed by atoms with van der Waals surface area (Å²) in [7, 11) is 4.81. The molecule has 0 saturated carbocycles. The average Bonchev–Trinajstić information content (AvgIpc) is 3.59. The van der Waals surface area contributed by atoms with E-state index in [-0.39, 0.29) is 60.5 Å². The van der Waals surface area contributed by atoms with Gasteiger partial charge in [0.25, 0.3) is 0 Å². The first-order valence-electron chi connectivity index (χ1n) is 18.7. The van der Waals surface area contributed by atoms with Gasteiger partial charge in [0.15, 0.2) is 0 Å². The number of carboxylic acid groups (broad SMARTS) is 1. The van der Waals surface area contributed by atoms with Crippen molar-refractivity contribution < 1.29 is 38.6 Å². The van der Waals surface area contributed by atoms with Crippen LogP contribution in [0, 0.1) is 35.5 Å². The quantitative estimate of drug-likeness (QED) is 0.176. The normalized spacial score (nSPS) is 19.5. The van der Waals surface area contributed by atoms with Gasteiger partial charge in [0.1, 0.15) is 11.8 Å². The lowest BCUT2D eigenvalue weighted by Gasteiger charge is -2.41. The van der Waals surface area contributed by atoms with Crippen LogP contribution in [-0.4, -0.2) is 103 Å². The molecule has 0 spiro atoms. The summed E-state index contributed by atoms with van der Waals surface area (Å²) in [5, 5.41) is 12.5. The van der Waals surface area contributed by atoms with Gasteiger partial charge in [-0.15, -0.1) is 0 Å². The zero-order chi connectivity index (χ0) is 38.6. The largest absolute Gasteiger partial charge is 0.480 e. The van der Waals surface area contributed by atoms with E-state index in [4.69, 9.17) is 9.47 Å². The Hall–Kier alpha value is -3.31. The fourth-order valence-corrected chi connectivity index (χ4v) is 7.30. The molecule has 51 heavy (non-hydrogen) atoms. The van der Waals surface area contributed by atoms with E-state index in [0.29, 0.717) is 13.0 Å². The van der Waals surface area contributed by atoms with Gasteiger partial charge in [0.2, 0.25) is 17.7 Å². The number of nitrogens with zero attached hydrogens (tertiary/aromatic N) is 2. The first-order valence-corrected chi connectivity index (χ1v) is 18.7. The molecule has 0 radical (unpaired) electrons. The van der Waals surface area contributed by atoms with Crippen LogP contribution in [0.3, 0.4) is 0 Å². The van der Waals surface area contributed by atoms with Crippen molar-refractivity contribution >= 4 is 29.5 Å². The molecule has 11 nitrogen and oxygen atoms in total. The van der Waals surface area contributed by atoms with Crippen molar-refractivity contribution in [3.63, 3.8) is 0 Å². The molecule has 1 aromatic carbocycles.